The third-order valence-electron chi connectivity index (χ3n) is 3.50. The van der Waals surface area contributed by atoms with E-state index in [0.29, 0.717) is 6.04 Å². The maximum Gasteiger partial charge on any atom is 0.0742 e. The van der Waals surface area contributed by atoms with Gasteiger partial charge in [0.2, 0.25) is 0 Å². The van der Waals surface area contributed by atoms with E-state index in [1.807, 2.05) is 0 Å². The van der Waals surface area contributed by atoms with Gasteiger partial charge in [-0.2, -0.15) is 0 Å². The average Bonchev–Trinajstić information content (AvgIpc) is 2.52. The van der Waals surface area contributed by atoms with E-state index < -0.39 is 0 Å². The van der Waals surface area contributed by atoms with E-state index in [1.54, 1.807) is 0 Å². The van der Waals surface area contributed by atoms with Crippen molar-refractivity contribution in [3.63, 3.8) is 0 Å². The predicted molar refractivity (Wildman–Crippen MR) is 56.9 cm³/mol. The molecule has 2 rings (SSSR count). The Labute approximate surface area is 85.8 Å². The minimum atomic E-state index is 0.457. The Morgan fingerprint density at radius 3 is 2.43 bits per heavy atom. The van der Waals surface area contributed by atoms with Gasteiger partial charge in [-0.3, -0.25) is 4.90 Å². The molecule has 1 atom stereocenters. The highest BCUT2D eigenvalue weighted by Gasteiger charge is 2.28. The molecule has 1 N–H and O–H groups in total. The van der Waals surface area contributed by atoms with Crippen molar-refractivity contribution in [2.75, 3.05) is 13.1 Å². The van der Waals surface area contributed by atoms with E-state index in [1.165, 1.54) is 51.6 Å². The molecule has 1 unspecified atom stereocenters. The third kappa shape index (κ3) is 2.08. The highest BCUT2D eigenvalue weighted by molar-refractivity contribution is 5.90. The molecule has 80 valence electrons. The van der Waals surface area contributed by atoms with Crippen LogP contribution in [0.15, 0.2) is 5.16 Å². The predicted octanol–water partition coefficient (Wildman–Crippen LogP) is 2.25. The maximum absolute atomic E-state index is 8.90. The van der Waals surface area contributed by atoms with E-state index in [9.17, 15) is 0 Å². The molecule has 1 aliphatic heterocycles. The van der Waals surface area contributed by atoms with Crippen LogP contribution in [0.4, 0.5) is 0 Å². The fraction of sp³-hybridized carbons (Fsp3) is 0.909. The van der Waals surface area contributed by atoms with Gasteiger partial charge in [0, 0.05) is 0 Å². The summed E-state index contributed by atoms with van der Waals surface area (Å²) >= 11 is 0. The van der Waals surface area contributed by atoms with E-state index in [-0.39, 0.29) is 0 Å². The minimum absolute atomic E-state index is 0.457. The Balaban J connectivity index is 1.98. The van der Waals surface area contributed by atoms with Crippen molar-refractivity contribution >= 4 is 5.71 Å². The second-order valence-electron chi connectivity index (χ2n) is 4.45. The van der Waals surface area contributed by atoms with Gasteiger partial charge >= 0.3 is 0 Å². The Bertz CT molecular complexity index is 207. The van der Waals surface area contributed by atoms with Gasteiger partial charge in [0.05, 0.1) is 11.8 Å². The van der Waals surface area contributed by atoms with Gasteiger partial charge in [0.15, 0.2) is 0 Å². The number of rotatable bonds is 1. The monoisotopic (exact) mass is 196 g/mol. The Morgan fingerprint density at radius 2 is 1.79 bits per heavy atom. The summed E-state index contributed by atoms with van der Waals surface area (Å²) in [7, 11) is 0. The van der Waals surface area contributed by atoms with Crippen LogP contribution < -0.4 is 0 Å². The van der Waals surface area contributed by atoms with Crippen LogP contribution in [0.3, 0.4) is 0 Å². The molecule has 3 nitrogen and oxygen atoms in total. The van der Waals surface area contributed by atoms with Crippen LogP contribution in [-0.4, -0.2) is 35.0 Å². The SMILES string of the molecule is ON=C1CCCC1N1CCCCCC1. The second-order valence-corrected chi connectivity index (χ2v) is 4.45. The molecule has 0 aromatic heterocycles. The summed E-state index contributed by atoms with van der Waals surface area (Å²) in [5.41, 5.74) is 1.02. The van der Waals surface area contributed by atoms with Gasteiger partial charge in [0.1, 0.15) is 0 Å². The number of likely N-dealkylation sites (tertiary alicyclic amines) is 1. The Kier molecular flexibility index (Phi) is 3.40. The molecule has 1 saturated carbocycles. The molecule has 0 aromatic rings. The van der Waals surface area contributed by atoms with Crippen molar-refractivity contribution in [2.45, 2.75) is 51.0 Å². The molecule has 2 aliphatic rings. The van der Waals surface area contributed by atoms with Gasteiger partial charge in [-0.15, -0.1) is 0 Å². The van der Waals surface area contributed by atoms with Crippen molar-refractivity contribution in [3.8, 4) is 0 Å². The first-order chi connectivity index (χ1) is 6.92. The molecule has 0 aromatic carbocycles. The van der Waals surface area contributed by atoms with Crippen molar-refractivity contribution in [1.82, 2.24) is 4.90 Å². The summed E-state index contributed by atoms with van der Waals surface area (Å²) < 4.78 is 0. The zero-order chi connectivity index (χ0) is 9.80. The lowest BCUT2D eigenvalue weighted by atomic mass is 10.2. The Morgan fingerprint density at radius 1 is 1.07 bits per heavy atom. The molecule has 1 aliphatic carbocycles. The van der Waals surface area contributed by atoms with Crippen LogP contribution in [0.25, 0.3) is 0 Å². The lowest BCUT2D eigenvalue weighted by molar-refractivity contribution is 0.242. The highest BCUT2D eigenvalue weighted by atomic mass is 16.4. The summed E-state index contributed by atoms with van der Waals surface area (Å²) in [6.45, 7) is 2.40. The largest absolute Gasteiger partial charge is 0.411 e. The Hall–Kier alpha value is -0.570. The van der Waals surface area contributed by atoms with Crippen LogP contribution in [0.2, 0.25) is 0 Å². The van der Waals surface area contributed by atoms with Crippen molar-refractivity contribution in [1.29, 1.82) is 0 Å². The molecular formula is C11H20N2O. The van der Waals surface area contributed by atoms with Crippen LogP contribution in [0.5, 0.6) is 0 Å². The summed E-state index contributed by atoms with van der Waals surface area (Å²) in [5, 5.41) is 12.3. The quantitative estimate of drug-likeness (QED) is 0.515. The maximum atomic E-state index is 8.90. The van der Waals surface area contributed by atoms with Gasteiger partial charge in [-0.1, -0.05) is 18.0 Å². The third-order valence-corrected chi connectivity index (χ3v) is 3.50. The lowest BCUT2D eigenvalue weighted by Gasteiger charge is -2.26. The molecule has 3 heteroatoms. The number of nitrogens with zero attached hydrogens (tertiary/aromatic N) is 2. The fourth-order valence-corrected chi connectivity index (χ4v) is 2.73. The van der Waals surface area contributed by atoms with Crippen LogP contribution >= 0.6 is 0 Å². The van der Waals surface area contributed by atoms with E-state index >= 15 is 0 Å². The van der Waals surface area contributed by atoms with E-state index in [0.717, 1.165) is 12.1 Å². The smallest absolute Gasteiger partial charge is 0.0742 e. The van der Waals surface area contributed by atoms with Crippen molar-refractivity contribution < 1.29 is 5.21 Å². The molecule has 2 fully saturated rings. The number of oxime groups is 1. The van der Waals surface area contributed by atoms with Gasteiger partial charge < -0.3 is 5.21 Å². The van der Waals surface area contributed by atoms with E-state index in [4.69, 9.17) is 5.21 Å². The molecule has 0 spiro atoms. The summed E-state index contributed by atoms with van der Waals surface area (Å²) in [6, 6.07) is 0.457. The standard InChI is InChI=1S/C11H20N2O/c14-12-10-6-5-7-11(10)13-8-3-1-2-4-9-13/h11,14H,1-9H2. The number of hydrogen-bond acceptors (Lipinski definition) is 3. The first kappa shape index (κ1) is 9.97. The number of hydrogen-bond donors (Lipinski definition) is 1. The summed E-state index contributed by atoms with van der Waals surface area (Å²) in [4.78, 5) is 2.52. The molecule has 14 heavy (non-hydrogen) atoms. The first-order valence-electron chi connectivity index (χ1n) is 5.86. The first-order valence-corrected chi connectivity index (χ1v) is 5.86. The molecular weight excluding hydrogens is 176 g/mol. The molecule has 0 amide bonds. The minimum Gasteiger partial charge on any atom is -0.411 e. The molecule has 0 bridgehead atoms. The van der Waals surface area contributed by atoms with Crippen LogP contribution in [0, 0.1) is 0 Å². The van der Waals surface area contributed by atoms with Crippen LogP contribution in [0.1, 0.15) is 44.9 Å². The molecule has 0 radical (unpaired) electrons. The average molecular weight is 196 g/mol. The van der Waals surface area contributed by atoms with Crippen molar-refractivity contribution in [2.24, 2.45) is 5.16 Å². The van der Waals surface area contributed by atoms with Crippen molar-refractivity contribution in [3.05, 3.63) is 0 Å². The molecule has 1 heterocycles. The normalized spacial score (nSPS) is 33.4. The zero-order valence-electron chi connectivity index (χ0n) is 8.78. The van der Waals surface area contributed by atoms with E-state index in [2.05, 4.69) is 10.1 Å². The summed E-state index contributed by atoms with van der Waals surface area (Å²) in [6.07, 6.45) is 8.76. The summed E-state index contributed by atoms with van der Waals surface area (Å²) in [5.74, 6) is 0. The van der Waals surface area contributed by atoms with Gasteiger partial charge in [0.25, 0.3) is 0 Å². The molecule has 1 saturated heterocycles. The zero-order valence-corrected chi connectivity index (χ0v) is 8.78. The van der Waals surface area contributed by atoms with Crippen LogP contribution in [-0.2, 0) is 0 Å². The second kappa shape index (κ2) is 4.78. The topological polar surface area (TPSA) is 35.8 Å². The fourth-order valence-electron chi connectivity index (χ4n) is 2.73. The highest BCUT2D eigenvalue weighted by Crippen LogP contribution is 2.24. The van der Waals surface area contributed by atoms with Gasteiger partial charge in [-0.25, -0.2) is 0 Å². The lowest BCUT2D eigenvalue weighted by Crippen LogP contribution is -2.38. The van der Waals surface area contributed by atoms with Gasteiger partial charge in [-0.05, 0) is 45.2 Å².